The minimum absolute atomic E-state index is 0.0324. The number of carboxylic acids is 1. The van der Waals surface area contributed by atoms with Crippen molar-refractivity contribution in [2.24, 2.45) is 0 Å². The fourth-order valence-corrected chi connectivity index (χ4v) is 3.43. The molecule has 8 nitrogen and oxygen atoms in total. The Balaban J connectivity index is 1.78. The van der Waals surface area contributed by atoms with Gasteiger partial charge in [-0.05, 0) is 44.6 Å². The first-order valence-electron chi connectivity index (χ1n) is 10.7. The van der Waals surface area contributed by atoms with Crippen LogP contribution in [0.5, 0.6) is 5.88 Å². The third-order valence-electron chi connectivity index (χ3n) is 4.83. The SMILES string of the molecule is CCNc1cc(CCCCCCC(CC(=O)O)c2ccc(OCC)nc2)nc(N)n1. The molecular formula is C22H33N5O3. The lowest BCUT2D eigenvalue weighted by atomic mass is 9.91. The molecule has 0 amide bonds. The summed E-state index contributed by atoms with van der Waals surface area (Å²) >= 11 is 0. The molecule has 30 heavy (non-hydrogen) atoms. The Kier molecular flexibility index (Phi) is 9.83. The topological polar surface area (TPSA) is 123 Å². The van der Waals surface area contributed by atoms with Crippen LogP contribution >= 0.6 is 0 Å². The summed E-state index contributed by atoms with van der Waals surface area (Å²) in [5.41, 5.74) is 7.67. The van der Waals surface area contributed by atoms with Crippen LogP contribution in [-0.4, -0.2) is 39.2 Å². The highest BCUT2D eigenvalue weighted by molar-refractivity contribution is 5.68. The van der Waals surface area contributed by atoms with Crippen molar-refractivity contribution in [3.63, 3.8) is 0 Å². The summed E-state index contributed by atoms with van der Waals surface area (Å²) in [6, 6.07) is 5.68. The van der Waals surface area contributed by atoms with E-state index in [-0.39, 0.29) is 12.3 Å². The number of nitrogens with two attached hydrogens (primary N) is 1. The number of hydrogen-bond donors (Lipinski definition) is 3. The van der Waals surface area contributed by atoms with E-state index >= 15 is 0 Å². The van der Waals surface area contributed by atoms with Gasteiger partial charge in [-0.3, -0.25) is 4.79 Å². The molecule has 164 valence electrons. The lowest BCUT2D eigenvalue weighted by Crippen LogP contribution is -2.07. The number of anilines is 2. The maximum Gasteiger partial charge on any atom is 0.303 e. The number of nitrogens with zero attached hydrogens (tertiary/aromatic N) is 3. The summed E-state index contributed by atoms with van der Waals surface area (Å²) in [7, 11) is 0. The number of pyridine rings is 1. The summed E-state index contributed by atoms with van der Waals surface area (Å²) < 4.78 is 5.36. The zero-order chi connectivity index (χ0) is 21.8. The van der Waals surface area contributed by atoms with Crippen LogP contribution in [0.25, 0.3) is 0 Å². The third-order valence-corrected chi connectivity index (χ3v) is 4.83. The van der Waals surface area contributed by atoms with Gasteiger partial charge >= 0.3 is 5.97 Å². The van der Waals surface area contributed by atoms with Gasteiger partial charge in [-0.2, -0.15) is 4.98 Å². The zero-order valence-electron chi connectivity index (χ0n) is 17.9. The van der Waals surface area contributed by atoms with Crippen LogP contribution in [0.1, 0.15) is 69.5 Å². The van der Waals surface area contributed by atoms with Crippen molar-refractivity contribution >= 4 is 17.7 Å². The number of aromatic nitrogens is 3. The number of unbranched alkanes of at least 4 members (excludes halogenated alkanes) is 3. The Labute approximate surface area is 178 Å². The number of carboxylic acid groups (broad SMARTS) is 1. The van der Waals surface area contributed by atoms with E-state index in [4.69, 9.17) is 10.5 Å². The Hall–Kier alpha value is -2.90. The number of carbonyl (C=O) groups is 1. The number of nitrogen functional groups attached to an aromatic ring is 1. The molecule has 0 saturated heterocycles. The van der Waals surface area contributed by atoms with E-state index in [1.807, 2.05) is 32.0 Å². The van der Waals surface area contributed by atoms with E-state index < -0.39 is 5.97 Å². The van der Waals surface area contributed by atoms with E-state index in [9.17, 15) is 9.90 Å². The van der Waals surface area contributed by atoms with Gasteiger partial charge in [0.15, 0.2) is 0 Å². The first kappa shape index (κ1) is 23.4. The lowest BCUT2D eigenvalue weighted by molar-refractivity contribution is -0.137. The fraction of sp³-hybridized carbons (Fsp3) is 0.545. The number of nitrogens with one attached hydrogen (secondary N) is 1. The van der Waals surface area contributed by atoms with Gasteiger partial charge in [-0.1, -0.05) is 25.3 Å². The van der Waals surface area contributed by atoms with Crippen LogP contribution in [0.2, 0.25) is 0 Å². The van der Waals surface area contributed by atoms with Gasteiger partial charge in [0.05, 0.1) is 13.0 Å². The average Bonchev–Trinajstić information content (AvgIpc) is 2.70. The molecule has 0 aliphatic rings. The molecule has 0 aliphatic carbocycles. The standard InChI is InChI=1S/C22H33N5O3/c1-3-24-19-14-18(26-22(23)27-19)10-8-6-5-7-9-16(13-21(28)29)17-11-12-20(25-15-17)30-4-2/h11-12,14-16H,3-10,13H2,1-2H3,(H,28,29)(H3,23,24,26,27). The smallest absolute Gasteiger partial charge is 0.303 e. The van der Waals surface area contributed by atoms with Gasteiger partial charge in [-0.25, -0.2) is 9.97 Å². The minimum atomic E-state index is -0.785. The van der Waals surface area contributed by atoms with E-state index in [0.29, 0.717) is 18.4 Å². The van der Waals surface area contributed by atoms with Gasteiger partial charge in [0, 0.05) is 30.6 Å². The van der Waals surface area contributed by atoms with Crippen molar-refractivity contribution in [3.8, 4) is 5.88 Å². The van der Waals surface area contributed by atoms with E-state index in [1.165, 1.54) is 0 Å². The summed E-state index contributed by atoms with van der Waals surface area (Å²) in [6.07, 6.45) is 7.61. The second kappa shape index (κ2) is 12.6. The maximum atomic E-state index is 11.3. The van der Waals surface area contributed by atoms with Gasteiger partial charge in [0.1, 0.15) is 5.82 Å². The molecule has 0 aliphatic heterocycles. The Morgan fingerprint density at radius 2 is 2.00 bits per heavy atom. The highest BCUT2D eigenvalue weighted by Gasteiger charge is 2.16. The minimum Gasteiger partial charge on any atom is -0.481 e. The fourth-order valence-electron chi connectivity index (χ4n) is 3.43. The van der Waals surface area contributed by atoms with Crippen LogP contribution in [0, 0.1) is 0 Å². The molecule has 2 rings (SSSR count). The summed E-state index contributed by atoms with van der Waals surface area (Å²) in [5.74, 6) is 0.809. The predicted molar refractivity (Wildman–Crippen MR) is 118 cm³/mol. The summed E-state index contributed by atoms with van der Waals surface area (Å²) in [6.45, 7) is 5.27. The number of hydrogen-bond acceptors (Lipinski definition) is 7. The van der Waals surface area contributed by atoms with Crippen LogP contribution in [0.15, 0.2) is 24.4 Å². The quantitative estimate of drug-likeness (QED) is 0.395. The molecule has 1 unspecified atom stereocenters. The third kappa shape index (κ3) is 8.23. The average molecular weight is 416 g/mol. The molecule has 0 bridgehead atoms. The van der Waals surface area contributed by atoms with Crippen LogP contribution in [0.4, 0.5) is 11.8 Å². The number of ether oxygens (including phenoxy) is 1. The van der Waals surface area contributed by atoms with E-state index in [1.54, 1.807) is 6.20 Å². The molecule has 2 aromatic heterocycles. The van der Waals surface area contributed by atoms with Crippen LogP contribution in [0.3, 0.4) is 0 Å². The zero-order valence-corrected chi connectivity index (χ0v) is 17.9. The van der Waals surface area contributed by atoms with Crippen LogP contribution < -0.4 is 15.8 Å². The Bertz CT molecular complexity index is 783. The summed E-state index contributed by atoms with van der Waals surface area (Å²) in [4.78, 5) is 24.0. The Morgan fingerprint density at radius 1 is 1.20 bits per heavy atom. The van der Waals surface area contributed by atoms with Crippen molar-refractivity contribution in [2.75, 3.05) is 24.2 Å². The number of rotatable bonds is 14. The monoisotopic (exact) mass is 415 g/mol. The molecule has 4 N–H and O–H groups in total. The first-order valence-corrected chi connectivity index (χ1v) is 10.7. The largest absolute Gasteiger partial charge is 0.481 e. The van der Waals surface area contributed by atoms with Crippen molar-refractivity contribution in [3.05, 3.63) is 35.7 Å². The van der Waals surface area contributed by atoms with Gasteiger partial charge < -0.3 is 20.9 Å². The van der Waals surface area contributed by atoms with Crippen molar-refractivity contribution < 1.29 is 14.6 Å². The molecule has 0 spiro atoms. The second-order valence-electron chi connectivity index (χ2n) is 7.24. The van der Waals surface area contributed by atoms with Gasteiger partial charge in [0.25, 0.3) is 0 Å². The maximum absolute atomic E-state index is 11.3. The van der Waals surface area contributed by atoms with Crippen molar-refractivity contribution in [2.45, 2.75) is 64.7 Å². The highest BCUT2D eigenvalue weighted by Crippen LogP contribution is 2.27. The molecule has 0 saturated carbocycles. The van der Waals surface area contributed by atoms with Crippen molar-refractivity contribution in [1.29, 1.82) is 0 Å². The van der Waals surface area contributed by atoms with E-state index in [0.717, 1.165) is 62.1 Å². The van der Waals surface area contributed by atoms with E-state index in [2.05, 4.69) is 20.3 Å². The lowest BCUT2D eigenvalue weighted by Gasteiger charge is -2.15. The Morgan fingerprint density at radius 3 is 2.67 bits per heavy atom. The molecular weight excluding hydrogens is 382 g/mol. The van der Waals surface area contributed by atoms with Gasteiger partial charge in [-0.15, -0.1) is 0 Å². The molecule has 2 aromatic rings. The predicted octanol–water partition coefficient (Wildman–Crippen LogP) is 4.04. The molecule has 1 atom stereocenters. The first-order chi connectivity index (χ1) is 14.5. The molecule has 0 radical (unpaired) electrons. The molecule has 0 aromatic carbocycles. The highest BCUT2D eigenvalue weighted by atomic mass is 16.5. The molecule has 2 heterocycles. The molecule has 0 fully saturated rings. The van der Waals surface area contributed by atoms with Crippen LogP contribution in [-0.2, 0) is 11.2 Å². The number of aryl methyl sites for hydroxylation is 1. The second-order valence-corrected chi connectivity index (χ2v) is 7.24. The van der Waals surface area contributed by atoms with Crippen molar-refractivity contribution in [1.82, 2.24) is 15.0 Å². The normalized spacial score (nSPS) is 11.8. The van der Waals surface area contributed by atoms with Gasteiger partial charge in [0.2, 0.25) is 11.8 Å². The number of aliphatic carboxylic acids is 1. The summed E-state index contributed by atoms with van der Waals surface area (Å²) in [5, 5.41) is 12.4. The molecule has 8 heteroatoms.